The van der Waals surface area contributed by atoms with E-state index >= 15 is 0 Å². The highest BCUT2D eigenvalue weighted by Gasteiger charge is 2.27. The minimum Gasteiger partial charge on any atom is -0.381 e. The average Bonchev–Trinajstić information content (AvgIpc) is 2.67. The van der Waals surface area contributed by atoms with Crippen LogP contribution >= 0.6 is 15.9 Å². The molecule has 3 rings (SSSR count). The van der Waals surface area contributed by atoms with Gasteiger partial charge in [0.25, 0.3) is 0 Å². The molecule has 1 aromatic rings. The first-order chi connectivity index (χ1) is 8.25. The SMILES string of the molecule is CC1CCc2c(Br)nc(C3CCOCC3)n2C1. The Morgan fingerprint density at radius 3 is 2.82 bits per heavy atom. The number of hydrogen-bond acceptors (Lipinski definition) is 2. The fourth-order valence-corrected chi connectivity index (χ4v) is 3.56. The van der Waals surface area contributed by atoms with E-state index in [0.717, 1.165) is 49.5 Å². The van der Waals surface area contributed by atoms with Gasteiger partial charge in [0.2, 0.25) is 0 Å². The lowest BCUT2D eigenvalue weighted by molar-refractivity contribution is 0.0824. The molecule has 2 aliphatic heterocycles. The van der Waals surface area contributed by atoms with Crippen molar-refractivity contribution in [3.05, 3.63) is 16.1 Å². The molecule has 2 aliphatic rings. The van der Waals surface area contributed by atoms with Crippen molar-refractivity contribution in [3.63, 3.8) is 0 Å². The van der Waals surface area contributed by atoms with Crippen LogP contribution in [0.1, 0.15) is 43.6 Å². The van der Waals surface area contributed by atoms with Crippen molar-refractivity contribution in [1.82, 2.24) is 9.55 Å². The van der Waals surface area contributed by atoms with E-state index in [2.05, 4.69) is 27.4 Å². The molecule has 0 spiro atoms. The van der Waals surface area contributed by atoms with Crippen LogP contribution in [0.15, 0.2) is 4.60 Å². The van der Waals surface area contributed by atoms with Gasteiger partial charge in [0.1, 0.15) is 10.4 Å². The van der Waals surface area contributed by atoms with E-state index in [4.69, 9.17) is 9.72 Å². The standard InChI is InChI=1S/C13H19BrN2O/c1-9-2-3-11-12(14)15-13(16(11)8-9)10-4-6-17-7-5-10/h9-10H,2-8H2,1H3. The summed E-state index contributed by atoms with van der Waals surface area (Å²) in [6.45, 7) is 5.26. The molecule has 0 aromatic carbocycles. The number of ether oxygens (including phenoxy) is 1. The molecule has 0 saturated carbocycles. The van der Waals surface area contributed by atoms with E-state index in [-0.39, 0.29) is 0 Å². The van der Waals surface area contributed by atoms with Gasteiger partial charge in [-0.2, -0.15) is 0 Å². The van der Waals surface area contributed by atoms with Crippen molar-refractivity contribution in [2.75, 3.05) is 13.2 Å². The molecule has 1 aromatic heterocycles. The van der Waals surface area contributed by atoms with E-state index in [1.807, 2.05) is 0 Å². The molecule has 0 amide bonds. The molecule has 3 nitrogen and oxygen atoms in total. The Hall–Kier alpha value is -0.350. The molecule has 1 saturated heterocycles. The maximum absolute atomic E-state index is 5.44. The average molecular weight is 299 g/mol. The molecule has 0 radical (unpaired) electrons. The lowest BCUT2D eigenvalue weighted by Crippen LogP contribution is -2.23. The number of aromatic nitrogens is 2. The Morgan fingerprint density at radius 2 is 2.06 bits per heavy atom. The van der Waals surface area contributed by atoms with Crippen LogP contribution in [0.25, 0.3) is 0 Å². The van der Waals surface area contributed by atoms with Crippen LogP contribution < -0.4 is 0 Å². The quantitative estimate of drug-likeness (QED) is 0.796. The fraction of sp³-hybridized carbons (Fsp3) is 0.769. The molecule has 94 valence electrons. The maximum Gasteiger partial charge on any atom is 0.127 e. The van der Waals surface area contributed by atoms with Crippen molar-refractivity contribution >= 4 is 15.9 Å². The molecular formula is C13H19BrN2O. The second kappa shape index (κ2) is 4.73. The van der Waals surface area contributed by atoms with E-state index in [9.17, 15) is 0 Å². The topological polar surface area (TPSA) is 27.1 Å². The van der Waals surface area contributed by atoms with Gasteiger partial charge in [0.05, 0.1) is 5.69 Å². The highest BCUT2D eigenvalue weighted by molar-refractivity contribution is 9.10. The first kappa shape index (κ1) is 11.7. The number of imidazole rings is 1. The molecule has 17 heavy (non-hydrogen) atoms. The van der Waals surface area contributed by atoms with Crippen molar-refractivity contribution in [2.24, 2.45) is 5.92 Å². The largest absolute Gasteiger partial charge is 0.381 e. The fourth-order valence-electron chi connectivity index (χ4n) is 2.97. The lowest BCUT2D eigenvalue weighted by Gasteiger charge is -2.27. The van der Waals surface area contributed by atoms with Gasteiger partial charge in [0, 0.05) is 25.7 Å². The first-order valence-corrected chi connectivity index (χ1v) is 7.37. The molecule has 3 heterocycles. The van der Waals surface area contributed by atoms with Gasteiger partial charge in [0.15, 0.2) is 0 Å². The first-order valence-electron chi connectivity index (χ1n) is 6.58. The second-order valence-electron chi connectivity index (χ2n) is 5.35. The zero-order valence-corrected chi connectivity index (χ0v) is 11.9. The minimum absolute atomic E-state index is 0.596. The second-order valence-corrected chi connectivity index (χ2v) is 6.10. The number of halogens is 1. The Morgan fingerprint density at radius 1 is 1.29 bits per heavy atom. The minimum atomic E-state index is 0.596. The van der Waals surface area contributed by atoms with E-state index in [0.29, 0.717) is 5.92 Å². The number of fused-ring (bicyclic) bond motifs is 1. The summed E-state index contributed by atoms with van der Waals surface area (Å²) in [7, 11) is 0. The van der Waals surface area contributed by atoms with Gasteiger partial charge in [-0.15, -0.1) is 0 Å². The zero-order chi connectivity index (χ0) is 11.8. The summed E-state index contributed by atoms with van der Waals surface area (Å²) in [5.41, 5.74) is 1.41. The van der Waals surface area contributed by atoms with Crippen LogP contribution in [0, 0.1) is 5.92 Å². The van der Waals surface area contributed by atoms with Gasteiger partial charge in [-0.1, -0.05) is 6.92 Å². The third-order valence-electron chi connectivity index (χ3n) is 4.01. The third kappa shape index (κ3) is 2.17. The Labute approximate surface area is 111 Å². The molecule has 1 unspecified atom stereocenters. The molecule has 1 atom stereocenters. The summed E-state index contributed by atoms with van der Waals surface area (Å²) in [4.78, 5) is 4.77. The van der Waals surface area contributed by atoms with Crippen LogP contribution in [0.3, 0.4) is 0 Å². The van der Waals surface area contributed by atoms with Gasteiger partial charge in [-0.05, 0) is 47.5 Å². The summed E-state index contributed by atoms with van der Waals surface area (Å²) in [6.07, 6.45) is 4.70. The van der Waals surface area contributed by atoms with Crippen LogP contribution in [0.2, 0.25) is 0 Å². The molecule has 0 bridgehead atoms. The number of rotatable bonds is 1. The van der Waals surface area contributed by atoms with E-state index < -0.39 is 0 Å². The summed E-state index contributed by atoms with van der Waals surface area (Å²) >= 11 is 3.63. The lowest BCUT2D eigenvalue weighted by atomic mass is 9.97. The summed E-state index contributed by atoms with van der Waals surface area (Å²) < 4.78 is 8.99. The van der Waals surface area contributed by atoms with Crippen molar-refractivity contribution in [3.8, 4) is 0 Å². The van der Waals surface area contributed by atoms with Crippen molar-refractivity contribution in [2.45, 2.75) is 45.1 Å². The molecule has 4 heteroatoms. The molecule has 0 N–H and O–H groups in total. The van der Waals surface area contributed by atoms with E-state index in [1.165, 1.54) is 17.9 Å². The molecular weight excluding hydrogens is 280 g/mol. The van der Waals surface area contributed by atoms with Gasteiger partial charge in [-0.3, -0.25) is 0 Å². The Balaban J connectivity index is 1.93. The van der Waals surface area contributed by atoms with Crippen molar-refractivity contribution in [1.29, 1.82) is 0 Å². The Bertz CT molecular complexity index is 410. The van der Waals surface area contributed by atoms with Crippen molar-refractivity contribution < 1.29 is 4.74 Å². The number of hydrogen-bond donors (Lipinski definition) is 0. The number of nitrogens with zero attached hydrogens (tertiary/aromatic N) is 2. The van der Waals surface area contributed by atoms with Gasteiger partial charge in [-0.25, -0.2) is 4.98 Å². The van der Waals surface area contributed by atoms with Crippen LogP contribution in [0.4, 0.5) is 0 Å². The molecule has 0 aliphatic carbocycles. The monoisotopic (exact) mass is 298 g/mol. The summed E-state index contributed by atoms with van der Waals surface area (Å²) in [5, 5.41) is 0. The summed E-state index contributed by atoms with van der Waals surface area (Å²) in [6, 6.07) is 0. The van der Waals surface area contributed by atoms with Crippen LogP contribution in [-0.2, 0) is 17.7 Å². The van der Waals surface area contributed by atoms with Crippen LogP contribution in [0.5, 0.6) is 0 Å². The smallest absolute Gasteiger partial charge is 0.127 e. The summed E-state index contributed by atoms with van der Waals surface area (Å²) in [5.74, 6) is 2.67. The Kier molecular flexibility index (Phi) is 3.26. The molecule has 1 fully saturated rings. The predicted molar refractivity (Wildman–Crippen MR) is 70.2 cm³/mol. The highest BCUT2D eigenvalue weighted by Crippen LogP contribution is 2.33. The normalized spacial score (nSPS) is 25.9. The maximum atomic E-state index is 5.44. The van der Waals surface area contributed by atoms with Crippen LogP contribution in [-0.4, -0.2) is 22.8 Å². The third-order valence-corrected chi connectivity index (χ3v) is 4.64. The highest BCUT2D eigenvalue weighted by atomic mass is 79.9. The zero-order valence-electron chi connectivity index (χ0n) is 10.3. The van der Waals surface area contributed by atoms with Gasteiger partial charge >= 0.3 is 0 Å². The predicted octanol–water partition coefficient (Wildman–Crippen LogP) is 3.12. The van der Waals surface area contributed by atoms with Gasteiger partial charge < -0.3 is 9.30 Å². The van der Waals surface area contributed by atoms with E-state index in [1.54, 1.807) is 0 Å².